The SMILES string of the molecule is [CH2]CCCO.[CH2]CCO. The fraction of sp³-hybridized carbons (Fsp3) is 0.714. The van der Waals surface area contributed by atoms with Crippen LogP contribution in [0.2, 0.25) is 0 Å². The summed E-state index contributed by atoms with van der Waals surface area (Å²) in [5.41, 5.74) is 0. The zero-order valence-electron chi connectivity index (χ0n) is 5.84. The summed E-state index contributed by atoms with van der Waals surface area (Å²) in [5, 5.41) is 15.8. The molecule has 2 radical (unpaired) electrons. The first-order chi connectivity index (χ1) is 4.33. The van der Waals surface area contributed by atoms with Gasteiger partial charge in [0.15, 0.2) is 0 Å². The molecule has 0 aromatic carbocycles. The number of aliphatic hydroxyl groups is 2. The smallest absolute Gasteiger partial charge is 0.0431 e. The van der Waals surface area contributed by atoms with E-state index < -0.39 is 0 Å². The number of hydrogen-bond donors (Lipinski definition) is 2. The van der Waals surface area contributed by atoms with Crippen molar-refractivity contribution < 1.29 is 10.2 Å². The monoisotopic (exact) mass is 132 g/mol. The van der Waals surface area contributed by atoms with Crippen LogP contribution in [0.5, 0.6) is 0 Å². The molecule has 56 valence electrons. The normalized spacial score (nSPS) is 8.00. The summed E-state index contributed by atoms with van der Waals surface area (Å²) in [6.07, 6.45) is 2.30. The molecule has 0 aliphatic heterocycles. The molecule has 0 rings (SSSR count). The van der Waals surface area contributed by atoms with E-state index in [9.17, 15) is 0 Å². The van der Waals surface area contributed by atoms with Gasteiger partial charge in [0, 0.05) is 13.2 Å². The van der Waals surface area contributed by atoms with Crippen LogP contribution in [0, 0.1) is 13.8 Å². The van der Waals surface area contributed by atoms with Gasteiger partial charge in [0.05, 0.1) is 0 Å². The molecule has 2 heteroatoms. The predicted octanol–water partition coefficient (Wildman–Crippen LogP) is 0.796. The minimum atomic E-state index is 0.208. The molecule has 0 spiro atoms. The molecule has 0 atom stereocenters. The Kier molecular flexibility index (Phi) is 20.3. The lowest BCUT2D eigenvalue weighted by Crippen LogP contribution is -1.75. The van der Waals surface area contributed by atoms with Crippen LogP contribution in [0.1, 0.15) is 19.3 Å². The average Bonchev–Trinajstić information content (AvgIpc) is 1.91. The van der Waals surface area contributed by atoms with Crippen LogP contribution in [0.15, 0.2) is 0 Å². The Labute approximate surface area is 57.5 Å². The minimum Gasteiger partial charge on any atom is -0.396 e. The Balaban J connectivity index is 0. The van der Waals surface area contributed by atoms with Gasteiger partial charge in [0.1, 0.15) is 0 Å². The van der Waals surface area contributed by atoms with Crippen molar-refractivity contribution in [2.75, 3.05) is 13.2 Å². The van der Waals surface area contributed by atoms with Gasteiger partial charge >= 0.3 is 0 Å². The summed E-state index contributed by atoms with van der Waals surface area (Å²) >= 11 is 0. The van der Waals surface area contributed by atoms with Crippen molar-refractivity contribution in [1.29, 1.82) is 0 Å². The van der Waals surface area contributed by atoms with Crippen molar-refractivity contribution in [3.05, 3.63) is 13.8 Å². The second-order valence-electron chi connectivity index (χ2n) is 1.51. The number of hydrogen-bond acceptors (Lipinski definition) is 2. The fourth-order valence-electron chi connectivity index (χ4n) is 0.112. The lowest BCUT2D eigenvalue weighted by atomic mass is 10.4. The molecule has 2 N–H and O–H groups in total. The third-order valence-corrected chi connectivity index (χ3v) is 0.566. The highest BCUT2D eigenvalue weighted by molar-refractivity contribution is 4.34. The van der Waals surface area contributed by atoms with Gasteiger partial charge in [-0.05, 0) is 12.8 Å². The molecule has 0 saturated heterocycles. The fourth-order valence-corrected chi connectivity index (χ4v) is 0.112. The van der Waals surface area contributed by atoms with Crippen molar-refractivity contribution in [3.8, 4) is 0 Å². The molecule has 0 saturated carbocycles. The molecule has 0 aliphatic carbocycles. The van der Waals surface area contributed by atoms with E-state index in [0.717, 1.165) is 12.8 Å². The van der Waals surface area contributed by atoms with Gasteiger partial charge in [-0.15, -0.1) is 0 Å². The number of aliphatic hydroxyl groups excluding tert-OH is 2. The maximum atomic E-state index is 8.03. The molecule has 2 nitrogen and oxygen atoms in total. The molecule has 0 fully saturated rings. The van der Waals surface area contributed by atoms with Crippen molar-refractivity contribution >= 4 is 0 Å². The quantitative estimate of drug-likeness (QED) is 0.596. The third-order valence-electron chi connectivity index (χ3n) is 0.566. The van der Waals surface area contributed by atoms with E-state index in [1.807, 2.05) is 0 Å². The first-order valence-corrected chi connectivity index (χ1v) is 3.13. The first kappa shape index (κ1) is 11.7. The largest absolute Gasteiger partial charge is 0.396 e. The Morgan fingerprint density at radius 2 is 1.33 bits per heavy atom. The van der Waals surface area contributed by atoms with Crippen molar-refractivity contribution in [1.82, 2.24) is 0 Å². The molecule has 0 aromatic rings. The predicted molar refractivity (Wildman–Crippen MR) is 38.7 cm³/mol. The van der Waals surface area contributed by atoms with Gasteiger partial charge in [0.2, 0.25) is 0 Å². The molecular formula is C7H16O2. The zero-order valence-corrected chi connectivity index (χ0v) is 5.84. The van der Waals surface area contributed by atoms with Crippen molar-refractivity contribution in [3.63, 3.8) is 0 Å². The molecule has 0 unspecified atom stereocenters. The second-order valence-corrected chi connectivity index (χ2v) is 1.51. The van der Waals surface area contributed by atoms with Crippen LogP contribution in [0.25, 0.3) is 0 Å². The van der Waals surface area contributed by atoms with E-state index in [1.165, 1.54) is 0 Å². The molecule has 0 aliphatic rings. The summed E-state index contributed by atoms with van der Waals surface area (Å²) in [7, 11) is 0. The molecule has 9 heavy (non-hydrogen) atoms. The third kappa shape index (κ3) is 32.6. The van der Waals surface area contributed by atoms with Gasteiger partial charge in [-0.2, -0.15) is 0 Å². The van der Waals surface area contributed by atoms with Crippen LogP contribution in [0.3, 0.4) is 0 Å². The zero-order chi connectivity index (χ0) is 7.54. The molecule has 0 heterocycles. The van der Waals surface area contributed by atoms with Gasteiger partial charge in [-0.3, -0.25) is 0 Å². The molecule has 0 aromatic heterocycles. The highest BCUT2D eigenvalue weighted by Crippen LogP contribution is 1.78. The number of unbranched alkanes of at least 4 members (excludes halogenated alkanes) is 1. The van der Waals surface area contributed by atoms with E-state index in [2.05, 4.69) is 13.8 Å². The maximum absolute atomic E-state index is 8.03. The lowest BCUT2D eigenvalue weighted by Gasteiger charge is -1.79. The second kappa shape index (κ2) is 15.7. The minimum absolute atomic E-state index is 0.208. The highest BCUT2D eigenvalue weighted by Gasteiger charge is 1.69. The molecular weight excluding hydrogens is 116 g/mol. The number of rotatable bonds is 3. The summed E-state index contributed by atoms with van der Waals surface area (Å²) < 4.78 is 0. The van der Waals surface area contributed by atoms with Crippen molar-refractivity contribution in [2.45, 2.75) is 19.3 Å². The van der Waals surface area contributed by atoms with E-state index in [0.29, 0.717) is 6.42 Å². The van der Waals surface area contributed by atoms with Gasteiger partial charge < -0.3 is 10.2 Å². The Morgan fingerprint density at radius 1 is 0.889 bits per heavy atom. The lowest BCUT2D eigenvalue weighted by molar-refractivity contribution is 0.289. The van der Waals surface area contributed by atoms with Crippen molar-refractivity contribution in [2.24, 2.45) is 0 Å². The standard InChI is InChI=1S/C4H9O.C3H7O/c1-2-3-4-5;1-2-3-4/h5H,1-4H2;4H,1-3H2. The van der Waals surface area contributed by atoms with Crippen LogP contribution in [0.4, 0.5) is 0 Å². The van der Waals surface area contributed by atoms with Gasteiger partial charge in [-0.1, -0.05) is 20.3 Å². The summed E-state index contributed by atoms with van der Waals surface area (Å²) in [6.45, 7) is 7.36. The van der Waals surface area contributed by atoms with Gasteiger partial charge in [-0.25, -0.2) is 0 Å². The van der Waals surface area contributed by atoms with Gasteiger partial charge in [0.25, 0.3) is 0 Å². The molecule has 0 bridgehead atoms. The first-order valence-electron chi connectivity index (χ1n) is 3.13. The maximum Gasteiger partial charge on any atom is 0.0431 e. The molecule has 0 amide bonds. The van der Waals surface area contributed by atoms with E-state index >= 15 is 0 Å². The Hall–Kier alpha value is -0.0800. The average molecular weight is 132 g/mol. The van der Waals surface area contributed by atoms with Crippen LogP contribution in [-0.2, 0) is 0 Å². The van der Waals surface area contributed by atoms with E-state index in [1.54, 1.807) is 0 Å². The Morgan fingerprint density at radius 3 is 1.33 bits per heavy atom. The summed E-state index contributed by atoms with van der Waals surface area (Å²) in [6, 6.07) is 0. The Bertz CT molecular complexity index is 26.1. The highest BCUT2D eigenvalue weighted by atomic mass is 16.3. The van der Waals surface area contributed by atoms with E-state index in [-0.39, 0.29) is 13.2 Å². The van der Waals surface area contributed by atoms with Crippen LogP contribution >= 0.6 is 0 Å². The topological polar surface area (TPSA) is 40.5 Å². The summed E-state index contributed by atoms with van der Waals surface area (Å²) in [5.74, 6) is 0. The van der Waals surface area contributed by atoms with E-state index in [4.69, 9.17) is 10.2 Å². The summed E-state index contributed by atoms with van der Waals surface area (Å²) in [4.78, 5) is 0. The van der Waals surface area contributed by atoms with Crippen LogP contribution in [-0.4, -0.2) is 23.4 Å². The van der Waals surface area contributed by atoms with Crippen LogP contribution < -0.4 is 0 Å².